The quantitative estimate of drug-likeness (QED) is 0.579. The van der Waals surface area contributed by atoms with E-state index in [2.05, 4.69) is 20.5 Å². The minimum Gasteiger partial charge on any atom is -0.384 e. The van der Waals surface area contributed by atoms with Gasteiger partial charge in [0.15, 0.2) is 0 Å². The predicted octanol–water partition coefficient (Wildman–Crippen LogP) is 2.33. The van der Waals surface area contributed by atoms with Gasteiger partial charge < -0.3 is 16.4 Å². The molecule has 4 N–H and O–H groups in total. The van der Waals surface area contributed by atoms with Gasteiger partial charge in [0.2, 0.25) is 11.8 Å². The highest BCUT2D eigenvalue weighted by Gasteiger charge is 2.26. The van der Waals surface area contributed by atoms with Gasteiger partial charge in [-0.05, 0) is 62.2 Å². The van der Waals surface area contributed by atoms with Crippen LogP contribution in [0.4, 0.5) is 14.6 Å². The number of nitrogen functional groups attached to an aromatic ring is 1. The van der Waals surface area contributed by atoms with Crippen LogP contribution in [0.2, 0.25) is 0 Å². The Bertz CT molecular complexity index is 912. The van der Waals surface area contributed by atoms with Crippen LogP contribution < -0.4 is 16.4 Å². The molecule has 2 amide bonds. The van der Waals surface area contributed by atoms with Crippen LogP contribution >= 0.6 is 0 Å². The van der Waals surface area contributed by atoms with E-state index in [0.29, 0.717) is 5.82 Å². The molecule has 2 atom stereocenters. The number of nitrogens with zero attached hydrogens (tertiary/aromatic N) is 2. The zero-order chi connectivity index (χ0) is 23.1. The summed E-state index contributed by atoms with van der Waals surface area (Å²) in [4.78, 5) is 31.7. The normalized spacial score (nSPS) is 16.2. The number of nitrogens with two attached hydrogens (primary N) is 1. The molecule has 1 unspecified atom stereocenters. The van der Waals surface area contributed by atoms with Gasteiger partial charge in [0, 0.05) is 25.4 Å². The molecular formula is C23H29F2N5O2. The topological polar surface area (TPSA) is 100 Å². The highest BCUT2D eigenvalue weighted by Crippen LogP contribution is 2.19. The predicted molar refractivity (Wildman–Crippen MR) is 117 cm³/mol. The van der Waals surface area contributed by atoms with Crippen molar-refractivity contribution in [3.63, 3.8) is 0 Å². The monoisotopic (exact) mass is 445 g/mol. The SMILES string of the molecule is CC(C(=O)NC[C@H](C(=O)NCc1ccc(N)nc1)c1cc(F)cc(F)c1)N1CCCCC1. The molecule has 7 nitrogen and oxygen atoms in total. The molecular weight excluding hydrogens is 416 g/mol. The average Bonchev–Trinajstić information content (AvgIpc) is 2.78. The molecule has 2 heterocycles. The Morgan fingerprint density at radius 1 is 1.06 bits per heavy atom. The number of rotatable bonds is 8. The number of carbonyl (C=O) groups excluding carboxylic acids is 2. The fourth-order valence-corrected chi connectivity index (χ4v) is 3.81. The van der Waals surface area contributed by atoms with E-state index in [-0.39, 0.29) is 30.6 Å². The van der Waals surface area contributed by atoms with E-state index in [4.69, 9.17) is 5.73 Å². The minimum atomic E-state index is -0.959. The lowest BCUT2D eigenvalue weighted by Crippen LogP contribution is -2.48. The van der Waals surface area contributed by atoms with Gasteiger partial charge in [-0.15, -0.1) is 0 Å². The number of pyridine rings is 1. The van der Waals surface area contributed by atoms with Crippen LogP contribution in [0.1, 0.15) is 43.2 Å². The van der Waals surface area contributed by atoms with Crippen LogP contribution in [0.3, 0.4) is 0 Å². The zero-order valence-electron chi connectivity index (χ0n) is 18.1. The zero-order valence-corrected chi connectivity index (χ0v) is 18.1. The van der Waals surface area contributed by atoms with Crippen LogP contribution in [0, 0.1) is 11.6 Å². The highest BCUT2D eigenvalue weighted by atomic mass is 19.1. The summed E-state index contributed by atoms with van der Waals surface area (Å²) in [6.07, 6.45) is 4.78. The van der Waals surface area contributed by atoms with E-state index >= 15 is 0 Å². The maximum absolute atomic E-state index is 13.8. The number of hydrogen-bond donors (Lipinski definition) is 3. The molecule has 0 radical (unpaired) electrons. The molecule has 2 aromatic rings. The van der Waals surface area contributed by atoms with E-state index in [1.54, 1.807) is 12.1 Å². The molecule has 0 aliphatic carbocycles. The number of halogens is 2. The molecule has 9 heteroatoms. The number of amides is 2. The van der Waals surface area contributed by atoms with E-state index in [1.165, 1.54) is 6.20 Å². The Balaban J connectivity index is 1.69. The molecule has 0 bridgehead atoms. The first-order chi connectivity index (χ1) is 15.3. The number of anilines is 1. The number of nitrogens with one attached hydrogen (secondary N) is 2. The Hall–Kier alpha value is -3.07. The number of likely N-dealkylation sites (tertiary alicyclic amines) is 1. The van der Waals surface area contributed by atoms with Crippen molar-refractivity contribution in [2.24, 2.45) is 0 Å². The summed E-state index contributed by atoms with van der Waals surface area (Å²) in [6, 6.07) is 5.96. The van der Waals surface area contributed by atoms with Crippen molar-refractivity contribution in [3.8, 4) is 0 Å². The van der Waals surface area contributed by atoms with Gasteiger partial charge in [-0.1, -0.05) is 12.5 Å². The van der Waals surface area contributed by atoms with E-state index < -0.39 is 23.5 Å². The summed E-state index contributed by atoms with van der Waals surface area (Å²) >= 11 is 0. The molecule has 1 aromatic carbocycles. The van der Waals surface area contributed by atoms with Crippen molar-refractivity contribution in [2.45, 2.75) is 44.7 Å². The third-order valence-electron chi connectivity index (χ3n) is 5.72. The summed E-state index contributed by atoms with van der Waals surface area (Å²) in [5.74, 6) is -2.85. The minimum absolute atomic E-state index is 0.0777. The second kappa shape index (κ2) is 11.0. The van der Waals surface area contributed by atoms with Gasteiger partial charge >= 0.3 is 0 Å². The fourth-order valence-electron chi connectivity index (χ4n) is 3.81. The lowest BCUT2D eigenvalue weighted by Gasteiger charge is -2.31. The van der Waals surface area contributed by atoms with Gasteiger partial charge in [-0.25, -0.2) is 13.8 Å². The number of carbonyl (C=O) groups is 2. The molecule has 1 aromatic heterocycles. The summed E-state index contributed by atoms with van der Waals surface area (Å²) < 4.78 is 27.6. The highest BCUT2D eigenvalue weighted by molar-refractivity contribution is 5.86. The van der Waals surface area contributed by atoms with Crippen molar-refractivity contribution < 1.29 is 18.4 Å². The Morgan fingerprint density at radius 3 is 2.38 bits per heavy atom. The summed E-state index contributed by atoms with van der Waals surface area (Å²) in [7, 11) is 0. The molecule has 32 heavy (non-hydrogen) atoms. The molecule has 0 saturated carbocycles. The number of aromatic nitrogens is 1. The standard InChI is InChI=1S/C23H29F2N5O2/c1-15(30-7-3-2-4-8-30)22(31)29-14-20(17-9-18(24)11-19(25)10-17)23(32)28-13-16-5-6-21(26)27-12-16/h5-6,9-12,15,20H,2-4,7-8,13-14H2,1H3,(H2,26,27)(H,28,32)(H,29,31)/t15?,20-/m0/s1. The first-order valence-corrected chi connectivity index (χ1v) is 10.8. The summed E-state index contributed by atoms with van der Waals surface area (Å²) in [6.45, 7) is 3.61. The first kappa shape index (κ1) is 23.6. The smallest absolute Gasteiger partial charge is 0.237 e. The van der Waals surface area contributed by atoms with Crippen LogP contribution in [0.5, 0.6) is 0 Å². The second-order valence-corrected chi connectivity index (χ2v) is 8.08. The van der Waals surface area contributed by atoms with Crippen LogP contribution in [-0.4, -0.2) is 47.4 Å². The number of benzene rings is 1. The van der Waals surface area contributed by atoms with E-state index in [1.807, 2.05) is 6.92 Å². The number of piperidine rings is 1. The van der Waals surface area contributed by atoms with Crippen molar-refractivity contribution in [2.75, 3.05) is 25.4 Å². The Morgan fingerprint density at radius 2 is 1.75 bits per heavy atom. The van der Waals surface area contributed by atoms with Gasteiger partial charge in [-0.3, -0.25) is 14.5 Å². The third kappa shape index (κ3) is 6.46. The van der Waals surface area contributed by atoms with Crippen molar-refractivity contribution in [3.05, 3.63) is 59.3 Å². The Kier molecular flexibility index (Phi) is 8.10. The maximum Gasteiger partial charge on any atom is 0.237 e. The van der Waals surface area contributed by atoms with E-state index in [0.717, 1.165) is 56.1 Å². The van der Waals surface area contributed by atoms with Crippen LogP contribution in [0.25, 0.3) is 0 Å². The molecule has 1 aliphatic heterocycles. The average molecular weight is 446 g/mol. The summed E-state index contributed by atoms with van der Waals surface area (Å²) in [5.41, 5.74) is 6.44. The molecule has 1 saturated heterocycles. The van der Waals surface area contributed by atoms with Gasteiger partial charge in [-0.2, -0.15) is 0 Å². The molecule has 172 valence electrons. The van der Waals surface area contributed by atoms with Crippen LogP contribution in [0.15, 0.2) is 36.5 Å². The largest absolute Gasteiger partial charge is 0.384 e. The van der Waals surface area contributed by atoms with Crippen molar-refractivity contribution >= 4 is 17.6 Å². The van der Waals surface area contributed by atoms with Crippen molar-refractivity contribution in [1.82, 2.24) is 20.5 Å². The molecule has 0 spiro atoms. The lowest BCUT2D eigenvalue weighted by molar-refractivity contribution is -0.126. The summed E-state index contributed by atoms with van der Waals surface area (Å²) in [5, 5.41) is 5.53. The Labute approximate surface area is 186 Å². The lowest BCUT2D eigenvalue weighted by atomic mass is 9.97. The second-order valence-electron chi connectivity index (χ2n) is 8.08. The van der Waals surface area contributed by atoms with Crippen molar-refractivity contribution in [1.29, 1.82) is 0 Å². The number of hydrogen-bond acceptors (Lipinski definition) is 5. The third-order valence-corrected chi connectivity index (χ3v) is 5.72. The first-order valence-electron chi connectivity index (χ1n) is 10.8. The van der Waals surface area contributed by atoms with E-state index in [9.17, 15) is 18.4 Å². The van der Waals surface area contributed by atoms with Gasteiger partial charge in [0.25, 0.3) is 0 Å². The molecule has 1 aliphatic rings. The fraction of sp³-hybridized carbons (Fsp3) is 0.435. The maximum atomic E-state index is 13.8. The molecule has 1 fully saturated rings. The van der Waals surface area contributed by atoms with Gasteiger partial charge in [0.05, 0.1) is 12.0 Å². The van der Waals surface area contributed by atoms with Gasteiger partial charge in [0.1, 0.15) is 17.5 Å². The van der Waals surface area contributed by atoms with Crippen LogP contribution in [-0.2, 0) is 16.1 Å². The molecule has 3 rings (SSSR count).